The molecule has 6 aromatic rings. The number of aromatic hydroxyl groups is 2. The Morgan fingerprint density at radius 2 is 1.67 bits per heavy atom. The molecule has 0 aliphatic carbocycles. The van der Waals surface area contributed by atoms with Crippen molar-refractivity contribution < 1.29 is 18.6 Å². The Labute approximate surface area is 257 Å². The third-order valence-corrected chi connectivity index (χ3v) is 8.55. The van der Waals surface area contributed by atoms with Crippen molar-refractivity contribution in [3.63, 3.8) is 0 Å². The molecule has 0 bridgehead atoms. The van der Waals surface area contributed by atoms with Crippen LogP contribution in [0, 0.1) is 6.92 Å². The van der Waals surface area contributed by atoms with E-state index in [-0.39, 0.29) is 44.8 Å². The number of sulfonamides is 1. The summed E-state index contributed by atoms with van der Waals surface area (Å²) in [6.45, 7) is 3.66. The maximum atomic E-state index is 13.8. The number of rotatable bonds is 8. The van der Waals surface area contributed by atoms with Crippen molar-refractivity contribution in [1.29, 1.82) is 0 Å². The summed E-state index contributed by atoms with van der Waals surface area (Å²) < 4.78 is 31.5. The molecule has 0 amide bonds. The third-order valence-electron chi connectivity index (χ3n) is 7.15. The van der Waals surface area contributed by atoms with Crippen LogP contribution in [-0.2, 0) is 10.0 Å². The van der Waals surface area contributed by atoms with Gasteiger partial charge in [-0.2, -0.15) is 5.10 Å². The second-order valence-electron chi connectivity index (χ2n) is 10.3. The van der Waals surface area contributed by atoms with Crippen LogP contribution in [0.15, 0.2) is 101 Å². The number of hydrogen-bond acceptors (Lipinski definition) is 10. The van der Waals surface area contributed by atoms with Gasteiger partial charge < -0.3 is 21.3 Å². The van der Waals surface area contributed by atoms with E-state index >= 15 is 0 Å². The Morgan fingerprint density at radius 1 is 0.933 bits per heavy atom. The summed E-state index contributed by atoms with van der Waals surface area (Å²) in [5, 5.41) is 28.2. The lowest BCUT2D eigenvalue weighted by atomic mass is 10.1. The van der Waals surface area contributed by atoms with Crippen molar-refractivity contribution in [1.82, 2.24) is 24.1 Å². The normalized spacial score (nSPS) is 12.2. The minimum Gasteiger partial charge on any atom is -0.508 e. The van der Waals surface area contributed by atoms with Gasteiger partial charge in [-0.25, -0.2) is 22.9 Å². The predicted molar refractivity (Wildman–Crippen MR) is 170 cm³/mol. The number of benzene rings is 3. The Balaban J connectivity index is 1.41. The Kier molecular flexibility index (Phi) is 7.34. The topological polar surface area (TPSA) is 190 Å². The number of nitrogen functional groups attached to an aromatic ring is 1. The molecular formula is C31H28N8O5S. The van der Waals surface area contributed by atoms with E-state index in [0.29, 0.717) is 22.6 Å². The minimum atomic E-state index is -4.07. The number of phenolic OH excluding ortho intramolecular Hbond substituents is 2. The second-order valence-corrected chi connectivity index (χ2v) is 12.0. The van der Waals surface area contributed by atoms with E-state index in [2.05, 4.69) is 20.0 Å². The number of fused-ring (bicyclic) bond motifs is 1. The van der Waals surface area contributed by atoms with Gasteiger partial charge in [-0.1, -0.05) is 18.2 Å². The molecule has 0 saturated heterocycles. The fraction of sp³-hybridized carbons (Fsp3) is 0.0968. The fourth-order valence-electron chi connectivity index (χ4n) is 5.06. The molecule has 3 heterocycles. The number of para-hydroxylation sites is 1. The van der Waals surface area contributed by atoms with E-state index in [1.807, 2.05) is 50.2 Å². The van der Waals surface area contributed by atoms with Crippen molar-refractivity contribution in [2.45, 2.75) is 24.8 Å². The Hall–Kier alpha value is -5.89. The first-order valence-electron chi connectivity index (χ1n) is 13.7. The van der Waals surface area contributed by atoms with Crippen LogP contribution in [-0.4, -0.2) is 42.8 Å². The monoisotopic (exact) mass is 624 g/mol. The number of nitrogens with zero attached hydrogens (tertiary/aromatic N) is 5. The van der Waals surface area contributed by atoms with Crippen LogP contribution < -0.4 is 21.3 Å². The first-order valence-corrected chi connectivity index (χ1v) is 15.2. The van der Waals surface area contributed by atoms with E-state index < -0.39 is 16.1 Å². The molecule has 13 nitrogen and oxygen atoms in total. The number of aromatic nitrogens is 5. The molecular weight excluding hydrogens is 596 g/mol. The zero-order valence-corrected chi connectivity index (χ0v) is 24.9. The molecule has 45 heavy (non-hydrogen) atoms. The molecule has 1 atom stereocenters. The summed E-state index contributed by atoms with van der Waals surface area (Å²) >= 11 is 0. The molecule has 6 rings (SSSR count). The molecule has 0 spiro atoms. The highest BCUT2D eigenvalue weighted by atomic mass is 32.2. The number of hydrogen-bond donors (Lipinski definition) is 5. The van der Waals surface area contributed by atoms with Crippen LogP contribution in [0.1, 0.15) is 24.4 Å². The average molecular weight is 625 g/mol. The maximum absolute atomic E-state index is 13.8. The second kappa shape index (κ2) is 11.3. The smallest absolute Gasteiger partial charge is 0.282 e. The van der Waals surface area contributed by atoms with Gasteiger partial charge in [0.25, 0.3) is 15.6 Å². The number of nitrogens with two attached hydrogens (primary N) is 1. The van der Waals surface area contributed by atoms with Crippen LogP contribution >= 0.6 is 0 Å². The summed E-state index contributed by atoms with van der Waals surface area (Å²) in [7, 11) is -4.07. The van der Waals surface area contributed by atoms with E-state index in [1.165, 1.54) is 53.4 Å². The SMILES string of the molecule is Cc1ccn2nc([C@H](C)Nc3ncnc(N)c3-c3cc(O)cc(NS(=O)(=O)c4ccc(O)cc4)c3)n(-c3ccccc3)c(=O)c12. The van der Waals surface area contributed by atoms with Crippen LogP contribution in [0.5, 0.6) is 11.5 Å². The quantitative estimate of drug-likeness (QED) is 0.164. The molecule has 0 aliphatic rings. The third kappa shape index (κ3) is 5.61. The van der Waals surface area contributed by atoms with E-state index in [0.717, 1.165) is 5.56 Å². The zero-order valence-electron chi connectivity index (χ0n) is 24.1. The number of phenols is 2. The highest BCUT2D eigenvalue weighted by molar-refractivity contribution is 7.92. The molecule has 6 N–H and O–H groups in total. The molecule has 14 heteroatoms. The van der Waals surface area contributed by atoms with Crippen molar-refractivity contribution in [2.24, 2.45) is 0 Å². The van der Waals surface area contributed by atoms with Gasteiger partial charge in [0.1, 0.15) is 35.0 Å². The maximum Gasteiger partial charge on any atom is 0.282 e. The summed E-state index contributed by atoms with van der Waals surface area (Å²) in [5.74, 6) is 0.372. The average Bonchev–Trinajstić information content (AvgIpc) is 3.38. The number of aryl methyl sites for hydroxylation is 1. The van der Waals surface area contributed by atoms with Gasteiger partial charge in [-0.3, -0.25) is 14.1 Å². The van der Waals surface area contributed by atoms with Gasteiger partial charge >= 0.3 is 0 Å². The summed E-state index contributed by atoms with van der Waals surface area (Å²) in [6.07, 6.45) is 2.99. The minimum absolute atomic E-state index is 0.0494. The fourth-order valence-corrected chi connectivity index (χ4v) is 6.10. The van der Waals surface area contributed by atoms with Crippen molar-refractivity contribution in [3.05, 3.63) is 113 Å². The standard InChI is InChI=1S/C31H28N8O5S/c1-18-12-13-38-27(18)31(42)39(22-6-4-3-5-7-22)30(36-38)19(2)35-29-26(28(32)33-17-34-29)20-14-21(16-24(41)15-20)37-45(43,44)25-10-8-23(40)9-11-25/h3-17,19,37,40-41H,1-2H3,(H3,32,33,34,35)/t19-/m0/s1. The summed E-state index contributed by atoms with van der Waals surface area (Å²) in [4.78, 5) is 22.2. The molecule has 0 aliphatic heterocycles. The van der Waals surface area contributed by atoms with Gasteiger partial charge in [0.15, 0.2) is 5.82 Å². The molecule has 228 valence electrons. The molecule has 3 aromatic carbocycles. The van der Waals surface area contributed by atoms with Gasteiger partial charge in [-0.05, 0) is 79.6 Å². The van der Waals surface area contributed by atoms with Gasteiger partial charge in [0.2, 0.25) is 0 Å². The highest BCUT2D eigenvalue weighted by Crippen LogP contribution is 2.37. The van der Waals surface area contributed by atoms with Crippen LogP contribution in [0.25, 0.3) is 22.3 Å². The highest BCUT2D eigenvalue weighted by Gasteiger charge is 2.23. The van der Waals surface area contributed by atoms with Crippen LogP contribution in [0.3, 0.4) is 0 Å². The summed E-state index contributed by atoms with van der Waals surface area (Å²) in [6, 6.07) is 19.5. The van der Waals surface area contributed by atoms with Gasteiger partial charge in [0, 0.05) is 12.3 Å². The first-order chi connectivity index (χ1) is 21.5. The summed E-state index contributed by atoms with van der Waals surface area (Å²) in [5.41, 5.74) is 8.58. The lowest BCUT2D eigenvalue weighted by Gasteiger charge is -2.21. The van der Waals surface area contributed by atoms with Crippen molar-refractivity contribution in [2.75, 3.05) is 15.8 Å². The van der Waals surface area contributed by atoms with E-state index in [1.54, 1.807) is 10.7 Å². The predicted octanol–water partition coefficient (Wildman–Crippen LogP) is 4.22. The Bertz CT molecular complexity index is 2220. The van der Waals surface area contributed by atoms with Crippen LogP contribution in [0.4, 0.5) is 17.3 Å². The zero-order chi connectivity index (χ0) is 31.9. The lowest BCUT2D eigenvalue weighted by Crippen LogP contribution is -2.29. The van der Waals surface area contributed by atoms with Gasteiger partial charge in [0.05, 0.1) is 27.9 Å². The molecule has 0 radical (unpaired) electrons. The van der Waals surface area contributed by atoms with Crippen LogP contribution in [0.2, 0.25) is 0 Å². The molecule has 0 saturated carbocycles. The van der Waals surface area contributed by atoms with Gasteiger partial charge in [-0.15, -0.1) is 0 Å². The van der Waals surface area contributed by atoms with E-state index in [9.17, 15) is 23.4 Å². The number of anilines is 3. The van der Waals surface area contributed by atoms with Crippen molar-refractivity contribution in [3.8, 4) is 28.3 Å². The van der Waals surface area contributed by atoms with E-state index in [4.69, 9.17) is 10.8 Å². The number of nitrogens with one attached hydrogen (secondary N) is 2. The Morgan fingerprint density at radius 3 is 2.40 bits per heavy atom. The molecule has 0 fully saturated rings. The lowest BCUT2D eigenvalue weighted by molar-refractivity contribution is 0.474. The first kappa shape index (κ1) is 29.2. The van der Waals surface area contributed by atoms with Crippen molar-refractivity contribution >= 4 is 32.9 Å². The molecule has 3 aromatic heterocycles. The largest absolute Gasteiger partial charge is 0.508 e. The molecule has 0 unspecified atom stereocenters.